The molecule has 0 unspecified atom stereocenters. The summed E-state index contributed by atoms with van der Waals surface area (Å²) in [5, 5.41) is 9.51. The zero-order valence-corrected chi connectivity index (χ0v) is 20.4. The Morgan fingerprint density at radius 1 is 1.06 bits per heavy atom. The fraction of sp³-hybridized carbons (Fsp3) is 0.154. The predicted molar refractivity (Wildman–Crippen MR) is 135 cm³/mol. The van der Waals surface area contributed by atoms with Crippen LogP contribution < -0.4 is 14.8 Å². The van der Waals surface area contributed by atoms with Gasteiger partial charge in [0.15, 0.2) is 0 Å². The molecular formula is C26H20ClFN4O2S. The van der Waals surface area contributed by atoms with E-state index >= 15 is 0 Å². The van der Waals surface area contributed by atoms with Crippen molar-refractivity contribution in [1.29, 1.82) is 0 Å². The summed E-state index contributed by atoms with van der Waals surface area (Å²) in [5.41, 5.74) is 4.44. The normalized spacial score (nSPS) is 18.2. The number of fused-ring (bicyclic) bond motifs is 3. The Bertz CT molecular complexity index is 1450. The van der Waals surface area contributed by atoms with Crippen LogP contribution in [0.2, 0.25) is 5.02 Å². The molecule has 0 aliphatic carbocycles. The van der Waals surface area contributed by atoms with Crippen LogP contribution >= 0.6 is 23.4 Å². The highest BCUT2D eigenvalue weighted by Gasteiger charge is 2.41. The molecule has 0 amide bonds. The summed E-state index contributed by atoms with van der Waals surface area (Å²) < 4.78 is 27.6. The Morgan fingerprint density at radius 2 is 1.80 bits per heavy atom. The molecule has 6 rings (SSSR count). The zero-order chi connectivity index (χ0) is 24.1. The van der Waals surface area contributed by atoms with Gasteiger partial charge in [-0.3, -0.25) is 0 Å². The van der Waals surface area contributed by atoms with Gasteiger partial charge in [-0.2, -0.15) is 4.98 Å². The molecule has 2 aliphatic heterocycles. The molecule has 9 heteroatoms. The molecule has 0 saturated heterocycles. The molecular weight excluding hydrogens is 487 g/mol. The van der Waals surface area contributed by atoms with Crippen molar-refractivity contribution in [3.05, 3.63) is 99.8 Å². The lowest BCUT2D eigenvalue weighted by Crippen LogP contribution is -2.32. The second kappa shape index (κ2) is 8.62. The number of halogens is 2. The fourth-order valence-corrected chi connectivity index (χ4v) is 5.11. The van der Waals surface area contributed by atoms with Crippen molar-refractivity contribution in [3.8, 4) is 11.5 Å². The Kier molecular flexibility index (Phi) is 5.42. The largest absolute Gasteiger partial charge is 0.497 e. The highest BCUT2D eigenvalue weighted by molar-refractivity contribution is 7.98. The van der Waals surface area contributed by atoms with Crippen molar-refractivity contribution in [1.82, 2.24) is 14.8 Å². The number of methoxy groups -OCH3 is 1. The number of nitrogens with zero attached hydrogens (tertiary/aromatic N) is 3. The van der Waals surface area contributed by atoms with Gasteiger partial charge in [0.2, 0.25) is 11.1 Å². The summed E-state index contributed by atoms with van der Waals surface area (Å²) in [7, 11) is 1.64. The number of aromatic nitrogens is 3. The van der Waals surface area contributed by atoms with E-state index in [1.807, 2.05) is 47.3 Å². The van der Waals surface area contributed by atoms with Gasteiger partial charge in [-0.25, -0.2) is 9.07 Å². The minimum Gasteiger partial charge on any atom is -0.497 e. The van der Waals surface area contributed by atoms with Crippen LogP contribution in [0, 0.1) is 5.82 Å². The number of hydrogen-bond acceptors (Lipinski definition) is 6. The smallest absolute Gasteiger partial charge is 0.227 e. The highest BCUT2D eigenvalue weighted by atomic mass is 35.5. The van der Waals surface area contributed by atoms with E-state index in [1.165, 1.54) is 23.9 Å². The highest BCUT2D eigenvalue weighted by Crippen LogP contribution is 2.51. The first kappa shape index (κ1) is 22.0. The quantitative estimate of drug-likeness (QED) is 0.325. The van der Waals surface area contributed by atoms with Gasteiger partial charge < -0.3 is 14.8 Å². The zero-order valence-electron chi connectivity index (χ0n) is 18.8. The van der Waals surface area contributed by atoms with Gasteiger partial charge in [-0.15, -0.1) is 5.10 Å². The molecule has 0 fully saturated rings. The second-order valence-corrected chi connectivity index (χ2v) is 9.40. The number of anilines is 1. The van der Waals surface area contributed by atoms with Crippen LogP contribution in [-0.4, -0.2) is 28.1 Å². The van der Waals surface area contributed by atoms with Crippen LogP contribution in [0.15, 0.2) is 77.5 Å². The first-order valence-corrected chi connectivity index (χ1v) is 12.5. The molecule has 0 bridgehead atoms. The van der Waals surface area contributed by atoms with E-state index in [0.717, 1.165) is 33.7 Å². The lowest BCUT2D eigenvalue weighted by atomic mass is 9.84. The van der Waals surface area contributed by atoms with Gasteiger partial charge in [0.1, 0.15) is 29.5 Å². The predicted octanol–water partition coefficient (Wildman–Crippen LogP) is 6.36. The molecule has 0 saturated carbocycles. The van der Waals surface area contributed by atoms with Crippen molar-refractivity contribution in [3.63, 3.8) is 0 Å². The molecule has 3 aromatic carbocycles. The van der Waals surface area contributed by atoms with Crippen molar-refractivity contribution in [2.45, 2.75) is 17.3 Å². The molecule has 1 N–H and O–H groups in total. The maximum Gasteiger partial charge on any atom is 0.227 e. The van der Waals surface area contributed by atoms with E-state index in [0.29, 0.717) is 21.9 Å². The van der Waals surface area contributed by atoms with Gasteiger partial charge in [-0.05, 0) is 59.8 Å². The maximum atomic E-state index is 13.8. The van der Waals surface area contributed by atoms with Crippen molar-refractivity contribution < 1.29 is 13.9 Å². The topological polar surface area (TPSA) is 61.2 Å². The third kappa shape index (κ3) is 3.73. The van der Waals surface area contributed by atoms with E-state index in [1.54, 1.807) is 25.3 Å². The Hall–Kier alpha value is -3.49. The monoisotopic (exact) mass is 506 g/mol. The number of ether oxygens (including phenoxy) is 2. The van der Waals surface area contributed by atoms with Gasteiger partial charge >= 0.3 is 0 Å². The van der Waals surface area contributed by atoms with Gasteiger partial charge in [0.25, 0.3) is 0 Å². The summed E-state index contributed by atoms with van der Waals surface area (Å²) >= 11 is 7.86. The molecule has 0 spiro atoms. The summed E-state index contributed by atoms with van der Waals surface area (Å²) in [5.74, 6) is 1.76. The number of rotatable bonds is 4. The molecule has 176 valence electrons. The number of hydrogen-bond donors (Lipinski definition) is 1. The minimum atomic E-state index is -0.492. The summed E-state index contributed by atoms with van der Waals surface area (Å²) in [6.07, 6.45) is 1.45. The average Bonchev–Trinajstić information content (AvgIpc) is 3.31. The van der Waals surface area contributed by atoms with E-state index in [2.05, 4.69) is 5.32 Å². The van der Waals surface area contributed by atoms with Crippen LogP contribution in [0.5, 0.6) is 11.5 Å². The van der Waals surface area contributed by atoms with Crippen LogP contribution in [0.25, 0.3) is 5.70 Å². The lowest BCUT2D eigenvalue weighted by molar-refractivity contribution is 0.222. The number of nitrogens with one attached hydrogen (secondary N) is 1. The lowest BCUT2D eigenvalue weighted by Gasteiger charge is -2.39. The van der Waals surface area contributed by atoms with Crippen LogP contribution in [0.1, 0.15) is 28.8 Å². The molecule has 1 aromatic heterocycles. The van der Waals surface area contributed by atoms with Crippen LogP contribution in [0.3, 0.4) is 0 Å². The molecule has 6 nitrogen and oxygen atoms in total. The Labute approximate surface area is 210 Å². The van der Waals surface area contributed by atoms with E-state index in [4.69, 9.17) is 31.2 Å². The van der Waals surface area contributed by atoms with E-state index in [9.17, 15) is 4.39 Å². The summed E-state index contributed by atoms with van der Waals surface area (Å²) in [6, 6.07) is 19.5. The van der Waals surface area contributed by atoms with Crippen molar-refractivity contribution in [2.24, 2.45) is 0 Å². The molecule has 4 aromatic rings. The van der Waals surface area contributed by atoms with Crippen LogP contribution in [-0.2, 0) is 0 Å². The summed E-state index contributed by atoms with van der Waals surface area (Å²) in [4.78, 5) is 4.70. The SMILES string of the molecule is COc1ccc([C@@H]2C3=C(Nc4nc(SC)nn42)c2cc(Cl)ccc2O[C@@H]3c2ccc(F)cc2)cc1. The van der Waals surface area contributed by atoms with E-state index < -0.39 is 6.10 Å². The summed E-state index contributed by atoms with van der Waals surface area (Å²) in [6.45, 7) is 0. The first-order chi connectivity index (χ1) is 17.1. The number of benzene rings is 3. The molecule has 2 atom stereocenters. The second-order valence-electron chi connectivity index (χ2n) is 8.19. The van der Waals surface area contributed by atoms with Crippen molar-refractivity contribution in [2.75, 3.05) is 18.7 Å². The minimum absolute atomic E-state index is 0.303. The average molecular weight is 507 g/mol. The molecule has 3 heterocycles. The standard InChI is InChI=1S/C26H20ClFN4O2S/c1-33-18-10-5-14(6-11-18)23-21-22(29-25-30-26(35-2)31-32(23)25)19-13-16(27)7-12-20(19)34-24(21)15-3-8-17(28)9-4-15/h3-13,23-24H,1-2H3,(H,29,30,31)/t23-,24-/m1/s1. The Morgan fingerprint density at radius 3 is 2.51 bits per heavy atom. The van der Waals surface area contributed by atoms with Crippen molar-refractivity contribution >= 4 is 35.0 Å². The third-order valence-corrected chi connectivity index (χ3v) is 6.97. The van der Waals surface area contributed by atoms with Gasteiger partial charge in [0.05, 0.1) is 12.8 Å². The number of thioether (sulfide) groups is 1. The molecule has 2 aliphatic rings. The van der Waals surface area contributed by atoms with Gasteiger partial charge in [-0.1, -0.05) is 47.6 Å². The van der Waals surface area contributed by atoms with E-state index in [-0.39, 0.29) is 11.9 Å². The van der Waals surface area contributed by atoms with Crippen LogP contribution in [0.4, 0.5) is 10.3 Å². The molecule has 35 heavy (non-hydrogen) atoms. The first-order valence-electron chi connectivity index (χ1n) is 10.9. The van der Waals surface area contributed by atoms with Gasteiger partial charge in [0, 0.05) is 16.2 Å². The third-order valence-electron chi connectivity index (χ3n) is 6.20. The fourth-order valence-electron chi connectivity index (χ4n) is 4.59. The Balaban J connectivity index is 1.62. The maximum absolute atomic E-state index is 13.8. The molecule has 0 radical (unpaired) electrons.